The van der Waals surface area contributed by atoms with Crippen molar-refractivity contribution in [3.8, 4) is 6.07 Å². The summed E-state index contributed by atoms with van der Waals surface area (Å²) in [5, 5.41) is 23.2. The Morgan fingerprint density at radius 3 is 2.74 bits per heavy atom. The first-order chi connectivity index (χ1) is 9.06. The quantitative estimate of drug-likeness (QED) is 0.629. The zero-order valence-electron chi connectivity index (χ0n) is 9.48. The molecule has 0 saturated heterocycles. The van der Waals surface area contributed by atoms with Crippen molar-refractivity contribution in [1.82, 2.24) is 9.78 Å². The van der Waals surface area contributed by atoms with E-state index in [-0.39, 0.29) is 22.6 Å². The van der Waals surface area contributed by atoms with Crippen molar-refractivity contribution in [2.75, 3.05) is 5.73 Å². The first-order valence-corrected chi connectivity index (χ1v) is 5.08. The number of hydrogen-bond acceptors (Lipinski definition) is 6. The van der Waals surface area contributed by atoms with E-state index in [1.54, 1.807) is 6.07 Å². The van der Waals surface area contributed by atoms with Gasteiger partial charge in [-0.25, -0.2) is 0 Å². The normalized spacial score (nSPS) is 9.84. The lowest BCUT2D eigenvalue weighted by Crippen LogP contribution is -2.17. The number of benzene rings is 1. The van der Waals surface area contributed by atoms with Gasteiger partial charge in [-0.15, -0.1) is 0 Å². The number of aromatic nitrogens is 2. The third-order valence-electron chi connectivity index (χ3n) is 2.45. The number of nitro benzene ring substituents is 1. The number of carbonyl (C=O) groups is 1. The maximum atomic E-state index is 12.1. The fourth-order valence-electron chi connectivity index (χ4n) is 1.53. The summed E-state index contributed by atoms with van der Waals surface area (Å²) in [5.41, 5.74) is 5.11. The van der Waals surface area contributed by atoms with E-state index >= 15 is 0 Å². The lowest BCUT2D eigenvalue weighted by atomic mass is 10.1. The molecule has 0 saturated carbocycles. The molecule has 0 amide bonds. The number of nitrogens with two attached hydrogens (primary N) is 1. The minimum Gasteiger partial charge on any atom is -0.382 e. The van der Waals surface area contributed by atoms with E-state index in [1.165, 1.54) is 24.3 Å². The van der Waals surface area contributed by atoms with Gasteiger partial charge in [-0.1, -0.05) is 12.1 Å². The van der Waals surface area contributed by atoms with Gasteiger partial charge in [-0.3, -0.25) is 14.9 Å². The zero-order chi connectivity index (χ0) is 14.0. The van der Waals surface area contributed by atoms with Crippen LogP contribution in [-0.4, -0.2) is 20.6 Å². The molecule has 2 aromatic rings. The molecule has 1 aromatic carbocycles. The van der Waals surface area contributed by atoms with Crippen LogP contribution in [0, 0.1) is 21.4 Å². The molecule has 2 rings (SSSR count). The summed E-state index contributed by atoms with van der Waals surface area (Å²) < 4.78 is 0.765. The molecular formula is C11H7N5O3. The molecule has 0 atom stereocenters. The standard InChI is InChI=1S/C11H7N5O3/c12-5-7-6-14-15(10(7)13)11(17)8-3-1-2-4-9(8)16(18)19/h1-4,6H,13H2. The maximum absolute atomic E-state index is 12.1. The Bertz CT molecular complexity index is 713. The minimum absolute atomic E-state index is 0.0342. The summed E-state index contributed by atoms with van der Waals surface area (Å²) in [7, 11) is 0. The minimum atomic E-state index is -0.758. The highest BCUT2D eigenvalue weighted by Crippen LogP contribution is 2.20. The van der Waals surface area contributed by atoms with Gasteiger partial charge in [-0.2, -0.15) is 15.0 Å². The molecule has 0 bridgehead atoms. The molecule has 0 aliphatic rings. The monoisotopic (exact) mass is 257 g/mol. The molecule has 0 aliphatic carbocycles. The van der Waals surface area contributed by atoms with E-state index in [0.717, 1.165) is 10.9 Å². The van der Waals surface area contributed by atoms with Crippen molar-refractivity contribution >= 4 is 17.4 Å². The predicted molar refractivity (Wildman–Crippen MR) is 64.2 cm³/mol. The number of carbonyl (C=O) groups excluding carboxylic acids is 1. The van der Waals surface area contributed by atoms with Crippen LogP contribution >= 0.6 is 0 Å². The third-order valence-corrected chi connectivity index (χ3v) is 2.45. The summed E-state index contributed by atoms with van der Waals surface area (Å²) in [5.74, 6) is -0.906. The zero-order valence-corrected chi connectivity index (χ0v) is 9.48. The van der Waals surface area contributed by atoms with Gasteiger partial charge in [0.2, 0.25) is 0 Å². The molecular weight excluding hydrogens is 250 g/mol. The van der Waals surface area contributed by atoms with Crippen LogP contribution in [0.25, 0.3) is 0 Å². The Labute approximate surface area is 106 Å². The van der Waals surface area contributed by atoms with Gasteiger partial charge >= 0.3 is 0 Å². The largest absolute Gasteiger partial charge is 0.382 e. The van der Waals surface area contributed by atoms with Crippen molar-refractivity contribution in [3.05, 3.63) is 51.7 Å². The first kappa shape index (κ1) is 12.3. The topological polar surface area (TPSA) is 128 Å². The molecule has 8 nitrogen and oxygen atoms in total. The number of rotatable bonds is 2. The number of anilines is 1. The van der Waals surface area contributed by atoms with Crippen molar-refractivity contribution in [1.29, 1.82) is 5.26 Å². The number of nitro groups is 1. The van der Waals surface area contributed by atoms with Crippen LogP contribution in [0.4, 0.5) is 11.5 Å². The highest BCUT2D eigenvalue weighted by atomic mass is 16.6. The SMILES string of the molecule is N#Cc1cnn(C(=O)c2ccccc2[N+](=O)[O-])c1N. The summed E-state index contributed by atoms with van der Waals surface area (Å²) in [4.78, 5) is 22.3. The molecule has 1 aromatic heterocycles. The molecule has 19 heavy (non-hydrogen) atoms. The number of nitrogen functional groups attached to an aromatic ring is 1. The van der Waals surface area contributed by atoms with E-state index in [9.17, 15) is 14.9 Å². The number of nitrogens with zero attached hydrogens (tertiary/aromatic N) is 4. The van der Waals surface area contributed by atoms with Gasteiger partial charge in [0.25, 0.3) is 11.6 Å². The van der Waals surface area contributed by atoms with Crippen LogP contribution in [0.5, 0.6) is 0 Å². The molecule has 0 radical (unpaired) electrons. The third kappa shape index (κ3) is 2.00. The number of hydrogen-bond donors (Lipinski definition) is 1. The van der Waals surface area contributed by atoms with E-state index in [2.05, 4.69) is 5.10 Å². The molecule has 8 heteroatoms. The van der Waals surface area contributed by atoms with Crippen LogP contribution in [0.2, 0.25) is 0 Å². The fourth-order valence-corrected chi connectivity index (χ4v) is 1.53. The Kier molecular flexibility index (Phi) is 2.95. The molecule has 0 aliphatic heterocycles. The predicted octanol–water partition coefficient (Wildman–Crippen LogP) is 0.934. The molecule has 0 spiro atoms. The van der Waals surface area contributed by atoms with Crippen LogP contribution in [0.3, 0.4) is 0 Å². The lowest BCUT2D eigenvalue weighted by Gasteiger charge is -2.03. The van der Waals surface area contributed by atoms with E-state index in [4.69, 9.17) is 11.0 Å². The Balaban J connectivity index is 2.54. The first-order valence-electron chi connectivity index (χ1n) is 5.08. The molecule has 1 heterocycles. The van der Waals surface area contributed by atoms with Gasteiger partial charge in [-0.05, 0) is 6.07 Å². The van der Waals surface area contributed by atoms with Gasteiger partial charge in [0.15, 0.2) is 0 Å². The second-order valence-corrected chi connectivity index (χ2v) is 3.55. The average Bonchev–Trinajstić information content (AvgIpc) is 2.79. The van der Waals surface area contributed by atoms with Crippen molar-refractivity contribution in [2.24, 2.45) is 0 Å². The van der Waals surface area contributed by atoms with Crippen molar-refractivity contribution in [3.63, 3.8) is 0 Å². The maximum Gasteiger partial charge on any atom is 0.287 e. The molecule has 2 N–H and O–H groups in total. The molecule has 0 unspecified atom stereocenters. The van der Waals surface area contributed by atoms with Crippen molar-refractivity contribution in [2.45, 2.75) is 0 Å². The van der Waals surface area contributed by atoms with Crippen LogP contribution in [0.15, 0.2) is 30.5 Å². The summed E-state index contributed by atoms with van der Waals surface area (Å²) in [6, 6.07) is 7.21. The van der Waals surface area contributed by atoms with Crippen LogP contribution in [0.1, 0.15) is 15.9 Å². The Morgan fingerprint density at radius 1 is 1.47 bits per heavy atom. The highest BCUT2D eigenvalue weighted by Gasteiger charge is 2.23. The molecule has 0 fully saturated rings. The smallest absolute Gasteiger partial charge is 0.287 e. The van der Waals surface area contributed by atoms with Crippen molar-refractivity contribution < 1.29 is 9.72 Å². The highest BCUT2D eigenvalue weighted by molar-refractivity contribution is 6.00. The lowest BCUT2D eigenvalue weighted by molar-refractivity contribution is -0.385. The summed E-state index contributed by atoms with van der Waals surface area (Å²) in [6.45, 7) is 0. The molecule has 94 valence electrons. The van der Waals surface area contributed by atoms with Gasteiger partial charge in [0, 0.05) is 6.07 Å². The van der Waals surface area contributed by atoms with Crippen LogP contribution in [-0.2, 0) is 0 Å². The summed E-state index contributed by atoms with van der Waals surface area (Å²) >= 11 is 0. The van der Waals surface area contributed by atoms with E-state index < -0.39 is 10.8 Å². The van der Waals surface area contributed by atoms with Gasteiger partial charge in [0.1, 0.15) is 23.0 Å². The van der Waals surface area contributed by atoms with E-state index in [1.807, 2.05) is 0 Å². The Morgan fingerprint density at radius 2 is 2.16 bits per heavy atom. The Hall–Kier alpha value is -3.21. The fraction of sp³-hybridized carbons (Fsp3) is 0. The number of nitriles is 1. The van der Waals surface area contributed by atoms with Crippen LogP contribution < -0.4 is 5.73 Å². The van der Waals surface area contributed by atoms with Gasteiger partial charge < -0.3 is 5.73 Å². The average molecular weight is 257 g/mol. The second-order valence-electron chi connectivity index (χ2n) is 3.55. The van der Waals surface area contributed by atoms with E-state index in [0.29, 0.717) is 0 Å². The summed E-state index contributed by atoms with van der Waals surface area (Å²) in [6.07, 6.45) is 1.13. The van der Waals surface area contributed by atoms with Gasteiger partial charge in [0.05, 0.1) is 11.1 Å². The second kappa shape index (κ2) is 4.58. The number of para-hydroxylation sites is 1.